The first-order valence-electron chi connectivity index (χ1n) is 6.03. The fraction of sp³-hybridized carbons (Fsp3) is 0.615. The number of hydrogen-bond donors (Lipinski definition) is 0. The first-order valence-corrected chi connectivity index (χ1v) is 6.82. The van der Waals surface area contributed by atoms with Gasteiger partial charge in [-0.05, 0) is 49.2 Å². The number of carbonyl (C=O) groups is 1. The highest BCUT2D eigenvalue weighted by atomic mass is 79.9. The minimum atomic E-state index is 0.0822. The number of hydrogen-bond acceptors (Lipinski definition) is 1. The maximum atomic E-state index is 12.4. The van der Waals surface area contributed by atoms with Crippen LogP contribution in [0.3, 0.4) is 0 Å². The van der Waals surface area contributed by atoms with Gasteiger partial charge < -0.3 is 9.47 Å². The molecular weight excluding hydrogens is 280 g/mol. The molecular formula is C13H21BrN2O. The Kier molecular flexibility index (Phi) is 4.80. The number of rotatable bonds is 4. The molecule has 0 bridgehead atoms. The van der Waals surface area contributed by atoms with E-state index in [2.05, 4.69) is 43.6 Å². The molecule has 1 unspecified atom stereocenters. The lowest BCUT2D eigenvalue weighted by atomic mass is 10.2. The lowest BCUT2D eigenvalue weighted by molar-refractivity contribution is 0.0728. The van der Waals surface area contributed by atoms with E-state index in [9.17, 15) is 4.79 Å². The van der Waals surface area contributed by atoms with Crippen LogP contribution in [0.2, 0.25) is 0 Å². The molecule has 1 aromatic heterocycles. The molecule has 1 heterocycles. The molecule has 3 nitrogen and oxygen atoms in total. The summed E-state index contributed by atoms with van der Waals surface area (Å²) in [7, 11) is 1.86. The van der Waals surface area contributed by atoms with Crippen molar-refractivity contribution in [2.45, 2.75) is 46.2 Å². The summed E-state index contributed by atoms with van der Waals surface area (Å²) < 4.78 is 2.96. The van der Waals surface area contributed by atoms with Crippen molar-refractivity contribution in [1.29, 1.82) is 0 Å². The Morgan fingerprint density at radius 1 is 1.47 bits per heavy atom. The normalized spacial score (nSPS) is 12.9. The lowest BCUT2D eigenvalue weighted by Crippen LogP contribution is -2.35. The van der Waals surface area contributed by atoms with Gasteiger partial charge in [-0.15, -0.1) is 0 Å². The average Bonchev–Trinajstić information content (AvgIpc) is 2.68. The fourth-order valence-electron chi connectivity index (χ4n) is 1.70. The highest BCUT2D eigenvalue weighted by Gasteiger charge is 2.21. The van der Waals surface area contributed by atoms with Crippen LogP contribution in [0.4, 0.5) is 0 Å². The van der Waals surface area contributed by atoms with E-state index in [0.717, 1.165) is 16.6 Å². The number of amides is 1. The van der Waals surface area contributed by atoms with Gasteiger partial charge in [0.15, 0.2) is 0 Å². The van der Waals surface area contributed by atoms with Gasteiger partial charge in [0.05, 0.1) is 0 Å². The average molecular weight is 301 g/mol. The monoisotopic (exact) mass is 300 g/mol. The molecule has 0 spiro atoms. The Bertz CT molecular complexity index is 398. The standard InChI is InChI=1S/C13H21BrN2O/c1-6-10(4)15(5)13(17)12-7-11(14)8-16(12)9(2)3/h7-10H,6H2,1-5H3. The SMILES string of the molecule is CCC(C)N(C)C(=O)c1cc(Br)cn1C(C)C. The highest BCUT2D eigenvalue weighted by Crippen LogP contribution is 2.21. The van der Waals surface area contributed by atoms with Crippen molar-refractivity contribution in [2.24, 2.45) is 0 Å². The quantitative estimate of drug-likeness (QED) is 0.832. The van der Waals surface area contributed by atoms with Gasteiger partial charge >= 0.3 is 0 Å². The molecule has 0 saturated heterocycles. The Hall–Kier alpha value is -0.770. The minimum Gasteiger partial charge on any atom is -0.340 e. The topological polar surface area (TPSA) is 25.2 Å². The van der Waals surface area contributed by atoms with Crippen molar-refractivity contribution < 1.29 is 4.79 Å². The lowest BCUT2D eigenvalue weighted by Gasteiger charge is -2.25. The Labute approximate surface area is 112 Å². The molecule has 1 atom stereocenters. The number of nitrogens with zero attached hydrogens (tertiary/aromatic N) is 2. The maximum Gasteiger partial charge on any atom is 0.270 e. The molecule has 1 amide bonds. The van der Waals surface area contributed by atoms with E-state index in [-0.39, 0.29) is 18.0 Å². The minimum absolute atomic E-state index is 0.0822. The van der Waals surface area contributed by atoms with Gasteiger partial charge in [0.1, 0.15) is 5.69 Å². The number of aromatic nitrogens is 1. The molecule has 0 aromatic carbocycles. The molecule has 4 heteroatoms. The third kappa shape index (κ3) is 3.12. The summed E-state index contributed by atoms with van der Waals surface area (Å²) in [4.78, 5) is 14.2. The van der Waals surface area contributed by atoms with Crippen LogP contribution in [-0.2, 0) is 0 Å². The van der Waals surface area contributed by atoms with E-state index in [0.29, 0.717) is 0 Å². The van der Waals surface area contributed by atoms with Crippen LogP contribution in [-0.4, -0.2) is 28.5 Å². The smallest absolute Gasteiger partial charge is 0.270 e. The van der Waals surface area contributed by atoms with E-state index < -0.39 is 0 Å². The van der Waals surface area contributed by atoms with Gasteiger partial charge in [-0.25, -0.2) is 0 Å². The fourth-order valence-corrected chi connectivity index (χ4v) is 2.14. The molecule has 96 valence electrons. The van der Waals surface area contributed by atoms with Crippen molar-refractivity contribution in [1.82, 2.24) is 9.47 Å². The zero-order chi connectivity index (χ0) is 13.2. The summed E-state index contributed by atoms with van der Waals surface area (Å²) >= 11 is 3.43. The molecule has 0 aliphatic carbocycles. The summed E-state index contributed by atoms with van der Waals surface area (Å²) in [5.41, 5.74) is 0.745. The van der Waals surface area contributed by atoms with Crippen LogP contribution in [0.25, 0.3) is 0 Å². The summed E-state index contributed by atoms with van der Waals surface area (Å²) in [6.45, 7) is 8.31. The molecule has 0 radical (unpaired) electrons. The van der Waals surface area contributed by atoms with E-state index in [1.54, 1.807) is 4.90 Å². The first-order chi connectivity index (χ1) is 7.88. The van der Waals surface area contributed by atoms with Gasteiger partial charge in [0.25, 0.3) is 5.91 Å². The number of halogens is 1. The van der Waals surface area contributed by atoms with E-state index >= 15 is 0 Å². The molecule has 17 heavy (non-hydrogen) atoms. The van der Waals surface area contributed by atoms with Crippen LogP contribution in [0, 0.1) is 0 Å². The second kappa shape index (κ2) is 5.71. The Balaban J connectivity index is 3.03. The van der Waals surface area contributed by atoms with Crippen LogP contribution in [0.15, 0.2) is 16.7 Å². The summed E-state index contributed by atoms with van der Waals surface area (Å²) in [6, 6.07) is 2.43. The summed E-state index contributed by atoms with van der Waals surface area (Å²) in [6.07, 6.45) is 2.92. The van der Waals surface area contributed by atoms with Gasteiger partial charge in [0, 0.05) is 29.8 Å². The van der Waals surface area contributed by atoms with Gasteiger partial charge in [-0.1, -0.05) is 6.92 Å². The second-order valence-electron chi connectivity index (χ2n) is 4.72. The number of carbonyl (C=O) groups excluding carboxylic acids is 1. The van der Waals surface area contributed by atoms with Crippen molar-refractivity contribution >= 4 is 21.8 Å². The zero-order valence-corrected chi connectivity index (χ0v) is 12.8. The molecule has 0 N–H and O–H groups in total. The van der Waals surface area contributed by atoms with Gasteiger partial charge in [-0.3, -0.25) is 4.79 Å². The van der Waals surface area contributed by atoms with Crippen molar-refractivity contribution in [3.63, 3.8) is 0 Å². The molecule has 0 fully saturated rings. The van der Waals surface area contributed by atoms with Crippen molar-refractivity contribution in [3.05, 3.63) is 22.4 Å². The zero-order valence-electron chi connectivity index (χ0n) is 11.2. The predicted octanol–water partition coefficient (Wildman–Crippen LogP) is 3.70. The Morgan fingerprint density at radius 3 is 2.53 bits per heavy atom. The van der Waals surface area contributed by atoms with E-state index in [4.69, 9.17) is 0 Å². The predicted molar refractivity (Wildman–Crippen MR) is 74.4 cm³/mol. The summed E-state index contributed by atoms with van der Waals surface area (Å²) in [5, 5.41) is 0. The van der Waals surface area contributed by atoms with Crippen LogP contribution < -0.4 is 0 Å². The van der Waals surface area contributed by atoms with Gasteiger partial charge in [-0.2, -0.15) is 0 Å². The maximum absolute atomic E-state index is 12.4. The van der Waals surface area contributed by atoms with Crippen LogP contribution in [0.5, 0.6) is 0 Å². The molecule has 1 rings (SSSR count). The third-order valence-electron chi connectivity index (χ3n) is 3.16. The van der Waals surface area contributed by atoms with Crippen molar-refractivity contribution in [3.8, 4) is 0 Å². The van der Waals surface area contributed by atoms with Crippen LogP contribution in [0.1, 0.15) is 50.6 Å². The first kappa shape index (κ1) is 14.3. The van der Waals surface area contributed by atoms with E-state index in [1.165, 1.54) is 0 Å². The molecule has 1 aromatic rings. The molecule has 0 aliphatic heterocycles. The summed E-state index contributed by atoms with van der Waals surface area (Å²) in [5.74, 6) is 0.0822. The van der Waals surface area contributed by atoms with E-state index in [1.807, 2.05) is 23.9 Å². The molecule has 0 aliphatic rings. The second-order valence-corrected chi connectivity index (χ2v) is 5.63. The molecule has 0 saturated carbocycles. The van der Waals surface area contributed by atoms with Gasteiger partial charge in [0.2, 0.25) is 0 Å². The Morgan fingerprint density at radius 2 is 2.06 bits per heavy atom. The highest BCUT2D eigenvalue weighted by molar-refractivity contribution is 9.10. The third-order valence-corrected chi connectivity index (χ3v) is 3.60. The van der Waals surface area contributed by atoms with Crippen molar-refractivity contribution in [2.75, 3.05) is 7.05 Å². The van der Waals surface area contributed by atoms with Crippen LogP contribution >= 0.6 is 15.9 Å². The largest absolute Gasteiger partial charge is 0.340 e.